The van der Waals surface area contributed by atoms with Crippen LogP contribution in [-0.4, -0.2) is 57.0 Å². The molecule has 4 heterocycles. The van der Waals surface area contributed by atoms with Gasteiger partial charge in [0.15, 0.2) is 5.82 Å². The van der Waals surface area contributed by atoms with Crippen molar-refractivity contribution in [1.82, 2.24) is 20.2 Å². The number of aryl methyl sites for hydroxylation is 1. The quantitative estimate of drug-likeness (QED) is 0.535. The second-order valence-corrected chi connectivity index (χ2v) is 8.44. The summed E-state index contributed by atoms with van der Waals surface area (Å²) < 4.78 is 0. The molecule has 0 spiro atoms. The summed E-state index contributed by atoms with van der Waals surface area (Å²) in [6.45, 7) is 2.30. The van der Waals surface area contributed by atoms with Crippen molar-refractivity contribution in [2.75, 3.05) is 35.2 Å². The van der Waals surface area contributed by atoms with Crippen molar-refractivity contribution in [3.05, 3.63) is 48.4 Å². The Bertz CT molecular complexity index is 1090. The molecule has 0 aliphatic carbocycles. The molecule has 166 valence electrons. The first kappa shape index (κ1) is 20.4. The molecule has 3 aromatic rings. The minimum Gasteiger partial charge on any atom is -0.507 e. The highest BCUT2D eigenvalue weighted by molar-refractivity contribution is 5.74. The third-order valence-electron chi connectivity index (χ3n) is 6.36. The number of para-hydroxylation sites is 1. The lowest BCUT2D eigenvalue weighted by molar-refractivity contribution is 0.477. The number of phenols is 1. The smallest absolute Gasteiger partial charge is 0.169 e. The van der Waals surface area contributed by atoms with Gasteiger partial charge < -0.3 is 26.4 Å². The third-order valence-corrected chi connectivity index (χ3v) is 6.36. The highest BCUT2D eigenvalue weighted by atomic mass is 16.3. The van der Waals surface area contributed by atoms with E-state index in [1.54, 1.807) is 12.1 Å². The topological polar surface area (TPSA) is 130 Å². The van der Waals surface area contributed by atoms with E-state index in [1.807, 2.05) is 30.5 Å². The van der Waals surface area contributed by atoms with Crippen molar-refractivity contribution in [2.45, 2.75) is 37.8 Å². The summed E-state index contributed by atoms with van der Waals surface area (Å²) in [5, 5.41) is 18.6. The van der Waals surface area contributed by atoms with Crippen LogP contribution in [0.2, 0.25) is 0 Å². The number of anilines is 3. The van der Waals surface area contributed by atoms with E-state index in [0.717, 1.165) is 56.1 Å². The first-order chi connectivity index (χ1) is 15.6. The summed E-state index contributed by atoms with van der Waals surface area (Å²) in [5.41, 5.74) is 14.0. The number of piperazine rings is 1. The van der Waals surface area contributed by atoms with Crippen LogP contribution in [0.3, 0.4) is 0 Å². The molecule has 2 aliphatic heterocycles. The Labute approximate surface area is 187 Å². The highest BCUT2D eigenvalue weighted by Crippen LogP contribution is 2.38. The van der Waals surface area contributed by atoms with E-state index in [9.17, 15) is 5.11 Å². The molecule has 0 radical (unpaired) electrons. The fraction of sp³-hybridized carbons (Fsp3) is 0.391. The number of phenolic OH excluding ortho intramolecular Hbond substituents is 1. The van der Waals surface area contributed by atoms with Gasteiger partial charge in [0, 0.05) is 43.4 Å². The van der Waals surface area contributed by atoms with Crippen molar-refractivity contribution < 1.29 is 5.11 Å². The number of nitrogens with two attached hydrogens (primary N) is 2. The van der Waals surface area contributed by atoms with Crippen LogP contribution in [0.25, 0.3) is 11.3 Å². The summed E-state index contributed by atoms with van der Waals surface area (Å²) in [6, 6.07) is 11.8. The summed E-state index contributed by atoms with van der Waals surface area (Å²) in [5.74, 6) is 2.43. The lowest BCUT2D eigenvalue weighted by atomic mass is 10.1. The molecule has 32 heavy (non-hydrogen) atoms. The van der Waals surface area contributed by atoms with Gasteiger partial charge in [-0.05, 0) is 50.1 Å². The fourth-order valence-corrected chi connectivity index (χ4v) is 4.85. The van der Waals surface area contributed by atoms with Gasteiger partial charge in [-0.2, -0.15) is 0 Å². The minimum atomic E-state index is 0.177. The fourth-order valence-electron chi connectivity index (χ4n) is 4.85. The second kappa shape index (κ2) is 8.58. The predicted octanol–water partition coefficient (Wildman–Crippen LogP) is 1.97. The molecular weight excluding hydrogens is 404 g/mol. The molecule has 5 N–H and O–H groups in total. The van der Waals surface area contributed by atoms with Crippen molar-refractivity contribution in [3.63, 3.8) is 0 Å². The van der Waals surface area contributed by atoms with Crippen LogP contribution in [-0.2, 0) is 6.42 Å². The van der Waals surface area contributed by atoms with Crippen molar-refractivity contribution in [3.8, 4) is 17.0 Å². The molecule has 2 unspecified atom stereocenters. The molecule has 5 rings (SSSR count). The SMILES string of the molecule is NCCCc1nccc(N2C3CCC2CN(c2cc(-c4ccccc4O)nnc2N)C3)n1. The van der Waals surface area contributed by atoms with E-state index in [-0.39, 0.29) is 5.75 Å². The zero-order valence-corrected chi connectivity index (χ0v) is 17.9. The zero-order chi connectivity index (χ0) is 22.1. The summed E-state index contributed by atoms with van der Waals surface area (Å²) in [4.78, 5) is 14.0. The zero-order valence-electron chi connectivity index (χ0n) is 17.9. The van der Waals surface area contributed by atoms with Crippen LogP contribution in [0.1, 0.15) is 25.1 Å². The standard InChI is InChI=1S/C23H28N8O/c24-10-3-6-21-26-11-9-22(27-21)31-15-7-8-16(31)14-30(13-15)19-12-18(28-29-23(19)25)17-4-1-2-5-20(17)32/h1-2,4-5,9,11-12,15-16,32H,3,6-8,10,13-14,24H2,(H2,25,29). The lowest BCUT2D eigenvalue weighted by Gasteiger charge is -2.43. The van der Waals surface area contributed by atoms with Gasteiger partial charge in [0.25, 0.3) is 0 Å². The van der Waals surface area contributed by atoms with Crippen LogP contribution in [0.4, 0.5) is 17.3 Å². The number of hydrogen-bond donors (Lipinski definition) is 3. The van der Waals surface area contributed by atoms with Gasteiger partial charge in [-0.3, -0.25) is 0 Å². The largest absolute Gasteiger partial charge is 0.507 e. The Hall–Kier alpha value is -3.46. The summed E-state index contributed by atoms with van der Waals surface area (Å²) >= 11 is 0. The predicted molar refractivity (Wildman–Crippen MR) is 124 cm³/mol. The van der Waals surface area contributed by atoms with Gasteiger partial charge in [0.05, 0.1) is 11.4 Å². The molecule has 2 fully saturated rings. The van der Waals surface area contributed by atoms with Gasteiger partial charge in [-0.15, -0.1) is 10.2 Å². The first-order valence-electron chi connectivity index (χ1n) is 11.1. The highest BCUT2D eigenvalue weighted by Gasteiger charge is 2.41. The van der Waals surface area contributed by atoms with Crippen LogP contribution >= 0.6 is 0 Å². The second-order valence-electron chi connectivity index (χ2n) is 8.44. The van der Waals surface area contributed by atoms with E-state index in [4.69, 9.17) is 16.5 Å². The summed E-state index contributed by atoms with van der Waals surface area (Å²) in [7, 11) is 0. The number of hydrogen-bond acceptors (Lipinski definition) is 9. The Morgan fingerprint density at radius 2 is 1.84 bits per heavy atom. The van der Waals surface area contributed by atoms with Gasteiger partial charge in [-0.25, -0.2) is 9.97 Å². The van der Waals surface area contributed by atoms with Crippen LogP contribution in [0, 0.1) is 0 Å². The molecule has 0 saturated carbocycles. The number of aromatic hydroxyl groups is 1. The number of nitrogens with zero attached hydrogens (tertiary/aromatic N) is 6. The van der Waals surface area contributed by atoms with E-state index >= 15 is 0 Å². The van der Waals surface area contributed by atoms with Crippen molar-refractivity contribution in [2.24, 2.45) is 5.73 Å². The molecule has 2 saturated heterocycles. The average molecular weight is 433 g/mol. The molecule has 9 heteroatoms. The van der Waals surface area contributed by atoms with Gasteiger partial charge in [0.2, 0.25) is 0 Å². The van der Waals surface area contributed by atoms with E-state index in [1.165, 1.54) is 0 Å². The van der Waals surface area contributed by atoms with E-state index in [2.05, 4.69) is 25.0 Å². The number of nitrogen functional groups attached to an aromatic ring is 1. The molecule has 2 aromatic heterocycles. The number of aromatic nitrogens is 4. The third kappa shape index (κ3) is 3.80. The van der Waals surface area contributed by atoms with Crippen LogP contribution < -0.4 is 21.3 Å². The molecule has 1 aromatic carbocycles. The monoisotopic (exact) mass is 432 g/mol. The maximum atomic E-state index is 10.2. The normalized spacial score (nSPS) is 20.0. The number of benzene rings is 1. The Kier molecular flexibility index (Phi) is 5.48. The number of fused-ring (bicyclic) bond motifs is 2. The van der Waals surface area contributed by atoms with Crippen molar-refractivity contribution >= 4 is 17.3 Å². The average Bonchev–Trinajstić information content (AvgIpc) is 3.08. The minimum absolute atomic E-state index is 0.177. The Balaban J connectivity index is 1.39. The maximum Gasteiger partial charge on any atom is 0.169 e. The van der Waals surface area contributed by atoms with Gasteiger partial charge in [-0.1, -0.05) is 12.1 Å². The van der Waals surface area contributed by atoms with Crippen molar-refractivity contribution in [1.29, 1.82) is 0 Å². The molecule has 2 aliphatic rings. The molecular formula is C23H28N8O. The molecule has 2 bridgehead atoms. The van der Waals surface area contributed by atoms with Crippen LogP contribution in [0.5, 0.6) is 5.75 Å². The Morgan fingerprint density at radius 1 is 1.06 bits per heavy atom. The Morgan fingerprint density at radius 3 is 2.59 bits per heavy atom. The lowest BCUT2D eigenvalue weighted by Crippen LogP contribution is -2.54. The van der Waals surface area contributed by atoms with E-state index in [0.29, 0.717) is 35.7 Å². The molecule has 0 amide bonds. The summed E-state index contributed by atoms with van der Waals surface area (Å²) in [6.07, 6.45) is 5.75. The van der Waals surface area contributed by atoms with Gasteiger partial charge >= 0.3 is 0 Å². The van der Waals surface area contributed by atoms with Gasteiger partial charge in [0.1, 0.15) is 17.4 Å². The number of rotatable bonds is 6. The molecule has 9 nitrogen and oxygen atoms in total. The van der Waals surface area contributed by atoms with Crippen LogP contribution in [0.15, 0.2) is 42.6 Å². The maximum absolute atomic E-state index is 10.2. The first-order valence-corrected chi connectivity index (χ1v) is 11.1. The molecule has 2 atom stereocenters. The van der Waals surface area contributed by atoms with E-state index < -0.39 is 0 Å².